The van der Waals surface area contributed by atoms with Crippen molar-refractivity contribution in [3.05, 3.63) is 29.8 Å². The normalized spacial score (nSPS) is 15.5. The Hall–Kier alpha value is -2.57. The second-order valence-electron chi connectivity index (χ2n) is 7.25. The van der Waals surface area contributed by atoms with E-state index >= 15 is 0 Å². The number of nitrogens with zero attached hydrogens (tertiary/aromatic N) is 1. The van der Waals surface area contributed by atoms with Crippen molar-refractivity contribution < 1.29 is 23.9 Å². The first kappa shape index (κ1) is 21.7. The number of carbonyl (C=O) groups excluding carboxylic acids is 3. The van der Waals surface area contributed by atoms with E-state index in [1.807, 2.05) is 13.8 Å². The van der Waals surface area contributed by atoms with Gasteiger partial charge in [-0.25, -0.2) is 0 Å². The molecule has 0 radical (unpaired) electrons. The Bertz CT molecular complexity index is 664. The lowest BCUT2D eigenvalue weighted by Crippen LogP contribution is -2.42. The van der Waals surface area contributed by atoms with E-state index in [2.05, 4.69) is 5.32 Å². The van der Waals surface area contributed by atoms with Crippen LogP contribution in [0, 0.1) is 0 Å². The quantitative estimate of drug-likeness (QED) is 0.723. The van der Waals surface area contributed by atoms with Crippen LogP contribution < -0.4 is 10.1 Å². The molecule has 1 aromatic rings. The molecule has 0 unspecified atom stereocenters. The first-order chi connectivity index (χ1) is 13.4. The summed E-state index contributed by atoms with van der Waals surface area (Å²) in [6.07, 6.45) is 3.39. The summed E-state index contributed by atoms with van der Waals surface area (Å²) in [4.78, 5) is 38.3. The maximum absolute atomic E-state index is 12.4. The minimum absolute atomic E-state index is 0.0495. The molecule has 1 heterocycles. The van der Waals surface area contributed by atoms with Gasteiger partial charge in [-0.2, -0.15) is 0 Å². The van der Waals surface area contributed by atoms with E-state index in [0.29, 0.717) is 24.4 Å². The largest absolute Gasteiger partial charge is 0.491 e. The summed E-state index contributed by atoms with van der Waals surface area (Å²) in [7, 11) is 0. The Labute approximate surface area is 166 Å². The molecule has 154 valence electrons. The second-order valence-corrected chi connectivity index (χ2v) is 7.25. The van der Waals surface area contributed by atoms with E-state index in [4.69, 9.17) is 9.47 Å². The Morgan fingerprint density at radius 1 is 1.00 bits per heavy atom. The monoisotopic (exact) mass is 390 g/mol. The van der Waals surface area contributed by atoms with Gasteiger partial charge in [-0.15, -0.1) is 0 Å². The fourth-order valence-corrected chi connectivity index (χ4v) is 3.05. The fourth-order valence-electron chi connectivity index (χ4n) is 3.05. The van der Waals surface area contributed by atoms with Gasteiger partial charge in [0.2, 0.25) is 0 Å². The van der Waals surface area contributed by atoms with Crippen LogP contribution in [0.15, 0.2) is 24.3 Å². The summed E-state index contributed by atoms with van der Waals surface area (Å²) in [5, 5.41) is 2.51. The van der Waals surface area contributed by atoms with Crippen LogP contribution in [0.3, 0.4) is 0 Å². The summed E-state index contributed by atoms with van der Waals surface area (Å²) >= 11 is 0. The molecule has 1 atom stereocenters. The molecule has 0 aromatic heterocycles. The molecule has 7 nitrogen and oxygen atoms in total. The highest BCUT2D eigenvalue weighted by Gasteiger charge is 2.24. The third-order valence-corrected chi connectivity index (χ3v) is 4.46. The van der Waals surface area contributed by atoms with E-state index in [1.54, 1.807) is 36.1 Å². The van der Waals surface area contributed by atoms with Gasteiger partial charge in [-0.05, 0) is 57.9 Å². The number of ether oxygens (including phenoxy) is 2. The molecule has 2 amide bonds. The number of carbonyl (C=O) groups is 3. The molecule has 0 aliphatic carbocycles. The van der Waals surface area contributed by atoms with E-state index in [-0.39, 0.29) is 24.5 Å². The van der Waals surface area contributed by atoms with Crippen molar-refractivity contribution in [3.63, 3.8) is 0 Å². The average molecular weight is 390 g/mol. The molecular formula is C21H30N2O5. The maximum atomic E-state index is 12.4. The molecular weight excluding hydrogens is 360 g/mol. The summed E-state index contributed by atoms with van der Waals surface area (Å²) < 4.78 is 10.7. The van der Waals surface area contributed by atoms with Crippen LogP contribution in [0.25, 0.3) is 0 Å². The topological polar surface area (TPSA) is 84.9 Å². The number of hydrogen-bond donors (Lipinski definition) is 1. The Morgan fingerprint density at radius 3 is 2.18 bits per heavy atom. The predicted molar refractivity (Wildman–Crippen MR) is 105 cm³/mol. The lowest BCUT2D eigenvalue weighted by atomic mass is 10.2. The van der Waals surface area contributed by atoms with Gasteiger partial charge in [0, 0.05) is 18.7 Å². The molecule has 1 aromatic carbocycles. The SMILES string of the molecule is CC(C)Oc1ccc(C(=O)NCC(=O)O[C@H](C)C(=O)N2CCCCCC2)cc1. The van der Waals surface area contributed by atoms with E-state index < -0.39 is 12.1 Å². The zero-order valence-electron chi connectivity index (χ0n) is 16.9. The van der Waals surface area contributed by atoms with Crippen molar-refractivity contribution >= 4 is 17.8 Å². The molecule has 1 aliphatic rings. The minimum Gasteiger partial charge on any atom is -0.491 e. The van der Waals surface area contributed by atoms with Crippen molar-refractivity contribution in [2.24, 2.45) is 0 Å². The fraction of sp³-hybridized carbons (Fsp3) is 0.571. The number of rotatable bonds is 7. The first-order valence-electron chi connectivity index (χ1n) is 9.90. The molecule has 28 heavy (non-hydrogen) atoms. The van der Waals surface area contributed by atoms with Gasteiger partial charge in [-0.3, -0.25) is 14.4 Å². The zero-order chi connectivity index (χ0) is 20.5. The van der Waals surface area contributed by atoms with Crippen LogP contribution in [-0.4, -0.2) is 54.5 Å². The zero-order valence-corrected chi connectivity index (χ0v) is 16.9. The van der Waals surface area contributed by atoms with Crippen LogP contribution >= 0.6 is 0 Å². The molecule has 1 saturated heterocycles. The van der Waals surface area contributed by atoms with Crippen molar-refractivity contribution in [2.45, 2.75) is 58.7 Å². The van der Waals surface area contributed by atoms with Crippen LogP contribution in [-0.2, 0) is 14.3 Å². The number of nitrogens with one attached hydrogen (secondary N) is 1. The Morgan fingerprint density at radius 2 is 1.61 bits per heavy atom. The summed E-state index contributed by atoms with van der Waals surface area (Å²) in [5.41, 5.74) is 0.414. The maximum Gasteiger partial charge on any atom is 0.326 e. The lowest BCUT2D eigenvalue weighted by molar-refractivity contribution is -0.158. The average Bonchev–Trinajstić information content (AvgIpc) is 2.95. The first-order valence-corrected chi connectivity index (χ1v) is 9.90. The molecule has 2 rings (SSSR count). The van der Waals surface area contributed by atoms with Gasteiger partial charge in [-0.1, -0.05) is 12.8 Å². The lowest BCUT2D eigenvalue weighted by Gasteiger charge is -2.24. The smallest absolute Gasteiger partial charge is 0.326 e. The Kier molecular flexibility index (Phi) is 8.29. The molecule has 7 heteroatoms. The van der Waals surface area contributed by atoms with Crippen LogP contribution in [0.4, 0.5) is 0 Å². The Balaban J connectivity index is 1.77. The highest BCUT2D eigenvalue weighted by Crippen LogP contribution is 2.14. The van der Waals surface area contributed by atoms with Crippen molar-refractivity contribution in [3.8, 4) is 5.75 Å². The minimum atomic E-state index is -0.852. The summed E-state index contributed by atoms with van der Waals surface area (Å²) in [6.45, 7) is 6.53. The molecule has 1 N–H and O–H groups in total. The number of amides is 2. The van der Waals surface area contributed by atoms with Crippen LogP contribution in [0.2, 0.25) is 0 Å². The summed E-state index contributed by atoms with van der Waals surface area (Å²) in [6, 6.07) is 6.66. The molecule has 1 aliphatic heterocycles. The third kappa shape index (κ3) is 6.87. The van der Waals surface area contributed by atoms with Gasteiger partial charge in [0.1, 0.15) is 12.3 Å². The van der Waals surface area contributed by atoms with E-state index in [0.717, 1.165) is 25.7 Å². The molecule has 0 spiro atoms. The summed E-state index contributed by atoms with van der Waals surface area (Å²) in [5.74, 6) is -0.530. The van der Waals surface area contributed by atoms with Gasteiger partial charge in [0.15, 0.2) is 6.10 Å². The number of hydrogen-bond acceptors (Lipinski definition) is 5. The number of likely N-dealkylation sites (tertiary alicyclic amines) is 1. The molecule has 1 fully saturated rings. The van der Waals surface area contributed by atoms with E-state index in [9.17, 15) is 14.4 Å². The van der Waals surface area contributed by atoms with Gasteiger partial charge in [0.25, 0.3) is 11.8 Å². The van der Waals surface area contributed by atoms with Crippen LogP contribution in [0.1, 0.15) is 56.8 Å². The van der Waals surface area contributed by atoms with Crippen molar-refractivity contribution in [2.75, 3.05) is 19.6 Å². The predicted octanol–water partition coefficient (Wildman–Crippen LogP) is 2.54. The van der Waals surface area contributed by atoms with Gasteiger partial charge >= 0.3 is 5.97 Å². The van der Waals surface area contributed by atoms with E-state index in [1.165, 1.54) is 0 Å². The highest BCUT2D eigenvalue weighted by molar-refractivity contribution is 5.96. The van der Waals surface area contributed by atoms with Crippen molar-refractivity contribution in [1.29, 1.82) is 0 Å². The third-order valence-electron chi connectivity index (χ3n) is 4.46. The molecule has 0 bridgehead atoms. The second kappa shape index (κ2) is 10.7. The standard InChI is InChI=1S/C21H30N2O5/c1-15(2)27-18-10-8-17(9-11-18)20(25)22-14-19(24)28-16(3)21(26)23-12-6-4-5-7-13-23/h8-11,15-16H,4-7,12-14H2,1-3H3,(H,22,25)/t16-/m1/s1. The number of benzene rings is 1. The van der Waals surface area contributed by atoms with Crippen molar-refractivity contribution in [1.82, 2.24) is 10.2 Å². The van der Waals surface area contributed by atoms with Gasteiger partial charge < -0.3 is 19.7 Å². The number of esters is 1. The molecule has 0 saturated carbocycles. The van der Waals surface area contributed by atoms with Gasteiger partial charge in [0.05, 0.1) is 6.10 Å². The van der Waals surface area contributed by atoms with Crippen LogP contribution in [0.5, 0.6) is 5.75 Å². The highest BCUT2D eigenvalue weighted by atomic mass is 16.5.